The van der Waals surface area contributed by atoms with Crippen molar-refractivity contribution in [3.05, 3.63) is 25.3 Å². The molecule has 0 aliphatic rings. The van der Waals surface area contributed by atoms with Gasteiger partial charge in [-0.05, 0) is 12.8 Å². The largest absolute Gasteiger partial charge is 0.332 e. The highest BCUT2D eigenvalue weighted by Crippen LogP contribution is 2.47. The van der Waals surface area contributed by atoms with E-state index in [1.807, 2.05) is 0 Å². The second kappa shape index (κ2) is 12.8. The van der Waals surface area contributed by atoms with Crippen molar-refractivity contribution in [2.24, 2.45) is 0 Å². The molecule has 0 rings (SSSR count). The maximum absolute atomic E-state index is 12.1. The minimum atomic E-state index is -3.06. The van der Waals surface area contributed by atoms with Gasteiger partial charge in [-0.3, -0.25) is 13.6 Å². The predicted octanol–water partition coefficient (Wildman–Crippen LogP) is 4.17. The molecule has 0 radical (unpaired) electrons. The molecular formula is C16H23O3P. The second-order valence-corrected chi connectivity index (χ2v) is 6.21. The summed E-state index contributed by atoms with van der Waals surface area (Å²) in [6.07, 6.45) is 7.08. The molecule has 0 fully saturated rings. The molecular weight excluding hydrogens is 271 g/mol. The van der Waals surface area contributed by atoms with Crippen LogP contribution in [0, 0.1) is 23.7 Å². The Hall–Kier alpha value is -1.25. The Morgan fingerprint density at radius 3 is 1.75 bits per heavy atom. The van der Waals surface area contributed by atoms with Crippen molar-refractivity contribution in [2.45, 2.75) is 32.6 Å². The Morgan fingerprint density at radius 1 is 0.950 bits per heavy atom. The predicted molar refractivity (Wildman–Crippen MR) is 84.5 cm³/mol. The van der Waals surface area contributed by atoms with Gasteiger partial charge < -0.3 is 0 Å². The van der Waals surface area contributed by atoms with Crippen molar-refractivity contribution in [2.75, 3.05) is 19.4 Å². The summed E-state index contributed by atoms with van der Waals surface area (Å²) in [6.45, 7) is 9.21. The van der Waals surface area contributed by atoms with Crippen LogP contribution in [0.2, 0.25) is 0 Å². The lowest BCUT2D eigenvalue weighted by Crippen LogP contribution is -1.99. The molecule has 3 nitrogen and oxygen atoms in total. The molecule has 0 aromatic carbocycles. The zero-order valence-corrected chi connectivity index (χ0v) is 13.1. The lowest BCUT2D eigenvalue weighted by atomic mass is 10.3. The molecule has 0 aliphatic carbocycles. The fourth-order valence-corrected chi connectivity index (χ4v) is 2.07. The molecule has 0 aliphatic heterocycles. The number of unbranched alkanes of at least 4 members (excludes halogenated alkanes) is 2. The highest BCUT2D eigenvalue weighted by molar-refractivity contribution is 7.53. The number of hydrogen-bond donors (Lipinski definition) is 0. The lowest BCUT2D eigenvalue weighted by molar-refractivity contribution is 0.243. The Balaban J connectivity index is 4.01. The Labute approximate surface area is 123 Å². The van der Waals surface area contributed by atoms with E-state index in [-0.39, 0.29) is 13.2 Å². The molecule has 0 saturated heterocycles. The molecule has 0 spiro atoms. The van der Waals surface area contributed by atoms with Gasteiger partial charge in [0, 0.05) is 19.0 Å². The number of hydrogen-bond acceptors (Lipinski definition) is 3. The lowest BCUT2D eigenvalue weighted by Gasteiger charge is -2.13. The van der Waals surface area contributed by atoms with E-state index in [4.69, 9.17) is 9.05 Å². The van der Waals surface area contributed by atoms with Gasteiger partial charge in [0.25, 0.3) is 0 Å². The molecule has 0 heterocycles. The van der Waals surface area contributed by atoms with Crippen molar-refractivity contribution in [1.82, 2.24) is 0 Å². The van der Waals surface area contributed by atoms with E-state index in [1.165, 1.54) is 0 Å². The summed E-state index contributed by atoms with van der Waals surface area (Å²) in [5.74, 6) is 11.4. The third-order valence-corrected chi connectivity index (χ3v) is 4.07. The summed E-state index contributed by atoms with van der Waals surface area (Å²) in [5, 5.41) is 0. The van der Waals surface area contributed by atoms with Gasteiger partial charge in [0.15, 0.2) is 0 Å². The van der Waals surface area contributed by atoms with Crippen LogP contribution in [-0.2, 0) is 13.6 Å². The molecule has 0 atom stereocenters. The molecule has 0 aromatic heterocycles. The first-order valence-electron chi connectivity index (χ1n) is 6.70. The van der Waals surface area contributed by atoms with Crippen LogP contribution in [0.5, 0.6) is 0 Å². The first-order chi connectivity index (χ1) is 9.68. The fourth-order valence-electron chi connectivity index (χ4n) is 1.11. The third-order valence-electron chi connectivity index (χ3n) is 2.25. The summed E-state index contributed by atoms with van der Waals surface area (Å²) < 4.78 is 22.6. The van der Waals surface area contributed by atoms with Crippen molar-refractivity contribution in [1.29, 1.82) is 0 Å². The van der Waals surface area contributed by atoms with Gasteiger partial charge in [-0.15, -0.1) is 25.0 Å². The topological polar surface area (TPSA) is 35.5 Å². The summed E-state index contributed by atoms with van der Waals surface area (Å²) in [4.78, 5) is 0. The summed E-state index contributed by atoms with van der Waals surface area (Å²) in [5.41, 5.74) is 0. The summed E-state index contributed by atoms with van der Waals surface area (Å²) in [7, 11) is -3.06. The highest BCUT2D eigenvalue weighted by Gasteiger charge is 2.20. The minimum Gasteiger partial charge on any atom is -0.295 e. The van der Waals surface area contributed by atoms with Gasteiger partial charge in [0.2, 0.25) is 0 Å². The van der Waals surface area contributed by atoms with Gasteiger partial charge >= 0.3 is 7.60 Å². The van der Waals surface area contributed by atoms with E-state index in [1.54, 1.807) is 19.1 Å². The standard InChI is InChI=1S/C16H23O3P/c1-4-7-9-11-13-15-18-20(17,6-3)19-16-14-12-10-8-5-2/h4-5H,1-2,6-10,15-16H2,3H3. The Morgan fingerprint density at radius 2 is 1.40 bits per heavy atom. The van der Waals surface area contributed by atoms with Crippen LogP contribution in [-0.4, -0.2) is 19.4 Å². The maximum atomic E-state index is 12.1. The summed E-state index contributed by atoms with van der Waals surface area (Å²) >= 11 is 0. The number of rotatable bonds is 9. The quantitative estimate of drug-likeness (QED) is 0.277. The van der Waals surface area contributed by atoms with Crippen molar-refractivity contribution >= 4 is 7.60 Å². The van der Waals surface area contributed by atoms with E-state index >= 15 is 0 Å². The molecule has 0 amide bonds. The normalized spacial score (nSPS) is 9.85. The van der Waals surface area contributed by atoms with Crippen molar-refractivity contribution in [3.63, 3.8) is 0 Å². The summed E-state index contributed by atoms with van der Waals surface area (Å²) in [6, 6.07) is 0. The molecule has 0 N–H and O–H groups in total. The molecule has 0 saturated carbocycles. The van der Waals surface area contributed by atoms with E-state index in [0.717, 1.165) is 25.7 Å². The average molecular weight is 294 g/mol. The van der Waals surface area contributed by atoms with E-state index in [2.05, 4.69) is 36.8 Å². The highest BCUT2D eigenvalue weighted by atomic mass is 31.2. The van der Waals surface area contributed by atoms with Crippen LogP contribution in [0.15, 0.2) is 25.3 Å². The minimum absolute atomic E-state index is 0.117. The van der Waals surface area contributed by atoms with Crippen LogP contribution in [0.3, 0.4) is 0 Å². The SMILES string of the molecule is C=CCCC#CCOP(=O)(CC)OCC#CCCC=C. The van der Waals surface area contributed by atoms with E-state index in [9.17, 15) is 4.57 Å². The molecule has 110 valence electrons. The van der Waals surface area contributed by atoms with Crippen LogP contribution in [0.1, 0.15) is 32.6 Å². The molecule has 4 heteroatoms. The molecule has 20 heavy (non-hydrogen) atoms. The van der Waals surface area contributed by atoms with Crippen molar-refractivity contribution in [3.8, 4) is 23.7 Å². The molecule has 0 bridgehead atoms. The zero-order valence-electron chi connectivity index (χ0n) is 12.2. The van der Waals surface area contributed by atoms with Gasteiger partial charge in [0.05, 0.1) is 0 Å². The fraction of sp³-hybridized carbons (Fsp3) is 0.500. The second-order valence-electron chi connectivity index (χ2n) is 3.84. The van der Waals surface area contributed by atoms with Gasteiger partial charge in [0.1, 0.15) is 13.2 Å². The molecule has 0 aromatic rings. The Kier molecular flexibility index (Phi) is 12.0. The Bertz CT molecular complexity index is 408. The van der Waals surface area contributed by atoms with Gasteiger partial charge in [-0.25, -0.2) is 0 Å². The first kappa shape index (κ1) is 18.8. The first-order valence-corrected chi connectivity index (χ1v) is 8.42. The molecule has 0 unspecified atom stereocenters. The maximum Gasteiger partial charge on any atom is 0.332 e. The van der Waals surface area contributed by atoms with Crippen molar-refractivity contribution < 1.29 is 13.6 Å². The smallest absolute Gasteiger partial charge is 0.295 e. The van der Waals surface area contributed by atoms with Gasteiger partial charge in [-0.1, -0.05) is 30.9 Å². The third kappa shape index (κ3) is 10.7. The monoisotopic (exact) mass is 294 g/mol. The van der Waals surface area contributed by atoms with E-state index < -0.39 is 7.60 Å². The average Bonchev–Trinajstić information content (AvgIpc) is 2.46. The van der Waals surface area contributed by atoms with Crippen LogP contribution in [0.4, 0.5) is 0 Å². The van der Waals surface area contributed by atoms with Crippen LogP contribution in [0.25, 0.3) is 0 Å². The van der Waals surface area contributed by atoms with E-state index in [0.29, 0.717) is 6.16 Å². The number of allylic oxidation sites excluding steroid dienone is 2. The van der Waals surface area contributed by atoms with Crippen LogP contribution < -0.4 is 0 Å². The van der Waals surface area contributed by atoms with Crippen LogP contribution >= 0.6 is 7.60 Å². The van der Waals surface area contributed by atoms with Gasteiger partial charge in [-0.2, -0.15) is 0 Å². The zero-order chi connectivity index (χ0) is 15.1.